The standard InChI is InChI=1S/C69H120O6/c1-4-7-10-13-16-19-22-24-26-28-30-32-34-36-38-40-42-44-47-50-53-56-59-62-68(71)74-65-66(64-73-67(70)61-58-55-52-49-46-21-18-15-12-9-6-3)75-69(72)63-60-57-54-51-48-45-43-41-39-37-35-33-31-29-27-25-23-20-17-14-11-8-5-2/h7,10,16,19,23-26,29-32,36,38,66H,4-6,8-9,11-15,17-18,20-22,27-28,33-35,37,39-65H2,1-3H3/b10-7-,19-16-,25-23-,26-24-,31-29-,32-30-,38-36-. The first kappa shape index (κ1) is 71.6. The number of ether oxygens (including phenoxy) is 3. The van der Waals surface area contributed by atoms with Crippen LogP contribution in [0.3, 0.4) is 0 Å². The molecule has 0 aromatic heterocycles. The fraction of sp³-hybridized carbons (Fsp3) is 0.754. The Kier molecular flexibility index (Phi) is 60.3. The molecule has 1 unspecified atom stereocenters. The first-order chi connectivity index (χ1) is 37.0. The first-order valence-corrected chi connectivity index (χ1v) is 32.1. The van der Waals surface area contributed by atoms with Crippen LogP contribution in [0.2, 0.25) is 0 Å². The summed E-state index contributed by atoms with van der Waals surface area (Å²) >= 11 is 0. The van der Waals surface area contributed by atoms with Crippen LogP contribution in [-0.2, 0) is 28.6 Å². The third kappa shape index (κ3) is 61.3. The van der Waals surface area contributed by atoms with Crippen molar-refractivity contribution in [2.45, 2.75) is 322 Å². The van der Waals surface area contributed by atoms with Crippen LogP contribution in [-0.4, -0.2) is 37.2 Å². The fourth-order valence-electron chi connectivity index (χ4n) is 9.09. The number of rotatable bonds is 58. The third-order valence-corrected chi connectivity index (χ3v) is 13.9. The topological polar surface area (TPSA) is 78.9 Å². The molecule has 0 saturated carbocycles. The molecule has 6 nitrogen and oxygen atoms in total. The van der Waals surface area contributed by atoms with Crippen LogP contribution in [0, 0.1) is 0 Å². The Bertz CT molecular complexity index is 1430. The monoisotopic (exact) mass is 1040 g/mol. The number of hydrogen-bond acceptors (Lipinski definition) is 6. The predicted molar refractivity (Wildman–Crippen MR) is 325 cm³/mol. The minimum absolute atomic E-state index is 0.0781. The Hall–Kier alpha value is -3.41. The number of hydrogen-bond donors (Lipinski definition) is 0. The molecule has 0 fully saturated rings. The number of unbranched alkanes of at least 4 members (excludes halogenated alkanes) is 33. The fourth-order valence-corrected chi connectivity index (χ4v) is 9.09. The molecule has 0 aliphatic carbocycles. The maximum absolute atomic E-state index is 12.9. The van der Waals surface area contributed by atoms with Gasteiger partial charge in [0.2, 0.25) is 0 Å². The van der Waals surface area contributed by atoms with Gasteiger partial charge in [-0.1, -0.05) is 286 Å². The Balaban J connectivity index is 4.30. The summed E-state index contributed by atoms with van der Waals surface area (Å²) in [5.74, 6) is -0.880. The van der Waals surface area contributed by atoms with E-state index in [1.54, 1.807) is 0 Å². The summed E-state index contributed by atoms with van der Waals surface area (Å²) in [7, 11) is 0. The van der Waals surface area contributed by atoms with Crippen LogP contribution in [0.25, 0.3) is 0 Å². The molecule has 0 aliphatic rings. The smallest absolute Gasteiger partial charge is 0.306 e. The third-order valence-electron chi connectivity index (χ3n) is 13.9. The van der Waals surface area contributed by atoms with Gasteiger partial charge in [-0.15, -0.1) is 0 Å². The lowest BCUT2D eigenvalue weighted by atomic mass is 10.0. The van der Waals surface area contributed by atoms with E-state index in [2.05, 4.69) is 106 Å². The van der Waals surface area contributed by atoms with E-state index in [9.17, 15) is 14.4 Å². The molecule has 75 heavy (non-hydrogen) atoms. The van der Waals surface area contributed by atoms with Gasteiger partial charge in [-0.3, -0.25) is 14.4 Å². The lowest BCUT2D eigenvalue weighted by Gasteiger charge is -2.18. The SMILES string of the molecule is CC/C=C\C/C=C\C/C=C\C/C=C\C/C=C\CCCCCCCCCC(=O)OCC(COC(=O)CCCCCCCCCCCCC)OC(=O)CCCCCCCCCCCCC/C=C\C/C=C\CCCCCCC. The minimum atomic E-state index is -0.782. The largest absolute Gasteiger partial charge is 0.462 e. The molecule has 0 rings (SSSR count). The van der Waals surface area contributed by atoms with Crippen molar-refractivity contribution in [3.8, 4) is 0 Å². The van der Waals surface area contributed by atoms with Crippen LogP contribution >= 0.6 is 0 Å². The number of allylic oxidation sites excluding steroid dienone is 14. The van der Waals surface area contributed by atoms with Gasteiger partial charge in [-0.25, -0.2) is 0 Å². The van der Waals surface area contributed by atoms with E-state index in [4.69, 9.17) is 14.2 Å². The van der Waals surface area contributed by atoms with Gasteiger partial charge in [0, 0.05) is 19.3 Å². The normalized spacial score (nSPS) is 12.6. The zero-order valence-corrected chi connectivity index (χ0v) is 49.6. The van der Waals surface area contributed by atoms with E-state index in [1.807, 2.05) is 0 Å². The second-order valence-electron chi connectivity index (χ2n) is 21.3. The van der Waals surface area contributed by atoms with Gasteiger partial charge >= 0.3 is 17.9 Å². The zero-order valence-electron chi connectivity index (χ0n) is 49.6. The molecule has 0 N–H and O–H groups in total. The Labute approximate surface area is 465 Å². The summed E-state index contributed by atoms with van der Waals surface area (Å²) in [6.45, 7) is 6.53. The molecule has 0 heterocycles. The highest BCUT2D eigenvalue weighted by atomic mass is 16.6. The predicted octanol–water partition coefficient (Wildman–Crippen LogP) is 21.9. The van der Waals surface area contributed by atoms with Gasteiger partial charge in [-0.2, -0.15) is 0 Å². The molecular formula is C69H120O6. The van der Waals surface area contributed by atoms with Gasteiger partial charge in [0.15, 0.2) is 6.10 Å². The van der Waals surface area contributed by atoms with Crippen molar-refractivity contribution in [1.82, 2.24) is 0 Å². The van der Waals surface area contributed by atoms with E-state index >= 15 is 0 Å². The highest BCUT2D eigenvalue weighted by Crippen LogP contribution is 2.16. The van der Waals surface area contributed by atoms with Crippen LogP contribution < -0.4 is 0 Å². The zero-order chi connectivity index (χ0) is 54.3. The number of carbonyl (C=O) groups excluding carboxylic acids is 3. The van der Waals surface area contributed by atoms with Crippen molar-refractivity contribution in [2.75, 3.05) is 13.2 Å². The molecule has 0 radical (unpaired) electrons. The number of esters is 3. The van der Waals surface area contributed by atoms with Gasteiger partial charge in [0.1, 0.15) is 13.2 Å². The summed E-state index contributed by atoms with van der Waals surface area (Å²) in [4.78, 5) is 38.3. The minimum Gasteiger partial charge on any atom is -0.462 e. The van der Waals surface area contributed by atoms with E-state index in [1.165, 1.54) is 173 Å². The summed E-state index contributed by atoms with van der Waals surface area (Å²) in [5.41, 5.74) is 0. The van der Waals surface area contributed by atoms with E-state index in [-0.39, 0.29) is 31.1 Å². The van der Waals surface area contributed by atoms with Crippen molar-refractivity contribution in [2.24, 2.45) is 0 Å². The summed E-state index contributed by atoms with van der Waals surface area (Å²) in [5, 5.41) is 0. The second-order valence-corrected chi connectivity index (χ2v) is 21.3. The molecule has 0 amide bonds. The van der Waals surface area contributed by atoms with Gasteiger partial charge < -0.3 is 14.2 Å². The highest BCUT2D eigenvalue weighted by molar-refractivity contribution is 5.71. The van der Waals surface area contributed by atoms with Crippen LogP contribution in [0.1, 0.15) is 316 Å². The Morgan fingerprint density at radius 1 is 0.280 bits per heavy atom. The summed E-state index contributed by atoms with van der Waals surface area (Å²) < 4.78 is 16.9. The summed E-state index contributed by atoms with van der Waals surface area (Å²) in [6.07, 6.45) is 83.0. The average Bonchev–Trinajstić information content (AvgIpc) is 3.41. The molecule has 0 aliphatic heterocycles. The van der Waals surface area contributed by atoms with E-state index in [0.29, 0.717) is 19.3 Å². The molecule has 0 spiro atoms. The van der Waals surface area contributed by atoms with Crippen LogP contribution in [0.5, 0.6) is 0 Å². The lowest BCUT2D eigenvalue weighted by molar-refractivity contribution is -0.167. The molecule has 1 atom stereocenters. The maximum Gasteiger partial charge on any atom is 0.306 e. The quantitative estimate of drug-likeness (QED) is 0.0261. The average molecular weight is 1050 g/mol. The highest BCUT2D eigenvalue weighted by Gasteiger charge is 2.19. The Morgan fingerprint density at radius 3 is 0.813 bits per heavy atom. The van der Waals surface area contributed by atoms with Crippen molar-refractivity contribution < 1.29 is 28.6 Å². The van der Waals surface area contributed by atoms with Crippen LogP contribution in [0.4, 0.5) is 0 Å². The summed E-state index contributed by atoms with van der Waals surface area (Å²) in [6, 6.07) is 0. The van der Waals surface area contributed by atoms with E-state index in [0.717, 1.165) is 103 Å². The molecular weight excluding hydrogens is 925 g/mol. The molecule has 6 heteroatoms. The number of carbonyl (C=O) groups is 3. The molecule has 0 bridgehead atoms. The van der Waals surface area contributed by atoms with Crippen molar-refractivity contribution in [1.29, 1.82) is 0 Å². The molecule has 0 saturated heterocycles. The van der Waals surface area contributed by atoms with Gasteiger partial charge in [0.25, 0.3) is 0 Å². The van der Waals surface area contributed by atoms with Crippen molar-refractivity contribution in [3.63, 3.8) is 0 Å². The van der Waals surface area contributed by atoms with Crippen molar-refractivity contribution in [3.05, 3.63) is 85.1 Å². The van der Waals surface area contributed by atoms with Crippen molar-refractivity contribution >= 4 is 17.9 Å². The van der Waals surface area contributed by atoms with Gasteiger partial charge in [-0.05, 0) is 96.3 Å². The first-order valence-electron chi connectivity index (χ1n) is 32.1. The van der Waals surface area contributed by atoms with Crippen LogP contribution in [0.15, 0.2) is 85.1 Å². The Morgan fingerprint density at radius 2 is 0.520 bits per heavy atom. The molecule has 432 valence electrons. The van der Waals surface area contributed by atoms with E-state index < -0.39 is 6.10 Å². The second kappa shape index (κ2) is 63.1. The molecule has 0 aromatic carbocycles. The lowest BCUT2D eigenvalue weighted by Crippen LogP contribution is -2.30. The van der Waals surface area contributed by atoms with Gasteiger partial charge in [0.05, 0.1) is 0 Å². The molecule has 0 aromatic rings. The maximum atomic E-state index is 12.9.